The molecule has 0 saturated carbocycles. The van der Waals surface area contributed by atoms with Crippen molar-refractivity contribution >= 4 is 11.9 Å². The van der Waals surface area contributed by atoms with Gasteiger partial charge in [0.25, 0.3) is 0 Å². The molecule has 4 nitrogen and oxygen atoms in total. The third kappa shape index (κ3) is 21.0. The van der Waals surface area contributed by atoms with Crippen LogP contribution in [0.3, 0.4) is 0 Å². The Morgan fingerprint density at radius 2 is 0.962 bits per heavy atom. The van der Waals surface area contributed by atoms with Crippen molar-refractivity contribution in [1.82, 2.24) is 0 Å². The molecule has 0 bridgehead atoms. The molecule has 0 radical (unpaired) electrons. The van der Waals surface area contributed by atoms with E-state index in [0.717, 1.165) is 12.8 Å². The zero-order valence-corrected chi connectivity index (χ0v) is 19.0. The second-order valence-electron chi connectivity index (χ2n) is 9.76. The van der Waals surface area contributed by atoms with Crippen molar-refractivity contribution in [2.45, 2.75) is 94.9 Å². The van der Waals surface area contributed by atoms with Crippen LogP contribution in [0, 0.1) is 22.7 Å². The summed E-state index contributed by atoms with van der Waals surface area (Å²) in [5.41, 5.74) is 0.595. The first-order valence-corrected chi connectivity index (χ1v) is 10.0. The molecule has 156 valence electrons. The first-order valence-electron chi connectivity index (χ1n) is 10.0. The highest BCUT2D eigenvalue weighted by atomic mass is 16.5. The van der Waals surface area contributed by atoms with Crippen LogP contribution in [0.1, 0.15) is 94.9 Å². The van der Waals surface area contributed by atoms with Gasteiger partial charge in [-0.15, -0.1) is 0 Å². The molecule has 0 rings (SSSR count). The second-order valence-corrected chi connectivity index (χ2v) is 9.76. The lowest BCUT2D eigenvalue weighted by molar-refractivity contribution is -0.145. The average Bonchev–Trinajstić information content (AvgIpc) is 2.34. The number of hydrogen-bond acceptors (Lipinski definition) is 4. The van der Waals surface area contributed by atoms with E-state index < -0.39 is 0 Å². The average molecular weight is 373 g/mol. The third-order valence-corrected chi connectivity index (χ3v) is 3.56. The van der Waals surface area contributed by atoms with Crippen molar-refractivity contribution in [3.8, 4) is 0 Å². The largest absolute Gasteiger partial charge is 0.466 e. The Hall–Kier alpha value is -1.06. The first kappa shape index (κ1) is 27.2. The molecule has 2 atom stereocenters. The van der Waals surface area contributed by atoms with E-state index in [9.17, 15) is 9.59 Å². The van der Waals surface area contributed by atoms with Gasteiger partial charge in [0.1, 0.15) is 0 Å². The van der Waals surface area contributed by atoms with Gasteiger partial charge in [0.2, 0.25) is 0 Å². The Morgan fingerprint density at radius 1 is 0.692 bits per heavy atom. The molecule has 0 saturated heterocycles. The fraction of sp³-hybridized carbons (Fsp3) is 0.909. The van der Waals surface area contributed by atoms with E-state index in [4.69, 9.17) is 9.47 Å². The number of ether oxygens (including phenoxy) is 2. The highest BCUT2D eigenvalue weighted by molar-refractivity contribution is 5.69. The summed E-state index contributed by atoms with van der Waals surface area (Å²) in [6.07, 6.45) is 3.22. The Labute approximate surface area is 162 Å². The van der Waals surface area contributed by atoms with E-state index in [-0.39, 0.29) is 11.9 Å². The van der Waals surface area contributed by atoms with Crippen molar-refractivity contribution in [1.29, 1.82) is 0 Å². The fourth-order valence-corrected chi connectivity index (χ4v) is 3.24. The van der Waals surface area contributed by atoms with Gasteiger partial charge in [-0.25, -0.2) is 0 Å². The molecule has 0 N–H and O–H groups in total. The molecule has 0 aliphatic rings. The molecular formula is C22H44O4. The van der Waals surface area contributed by atoms with E-state index in [1.807, 2.05) is 13.8 Å². The van der Waals surface area contributed by atoms with Crippen LogP contribution in [-0.4, -0.2) is 25.2 Å². The smallest absolute Gasteiger partial charge is 0.306 e. The quantitative estimate of drug-likeness (QED) is 0.489. The minimum Gasteiger partial charge on any atom is -0.466 e. The second kappa shape index (κ2) is 13.2. The number of esters is 2. The first-order chi connectivity index (χ1) is 11.7. The zero-order valence-electron chi connectivity index (χ0n) is 19.0. The lowest BCUT2D eigenvalue weighted by Crippen LogP contribution is -2.15. The summed E-state index contributed by atoms with van der Waals surface area (Å²) in [5.74, 6) is 0.691. The minimum absolute atomic E-state index is 0.0701. The highest BCUT2D eigenvalue weighted by Gasteiger charge is 2.18. The lowest BCUT2D eigenvalue weighted by Gasteiger charge is -2.22. The number of carbonyl (C=O) groups excluding carboxylic acids is 2. The molecule has 0 aromatic carbocycles. The summed E-state index contributed by atoms with van der Waals surface area (Å²) in [6, 6.07) is 0. The maximum atomic E-state index is 11.1. The van der Waals surface area contributed by atoms with E-state index in [0.29, 0.717) is 48.7 Å². The number of hydrogen-bond donors (Lipinski definition) is 0. The van der Waals surface area contributed by atoms with Gasteiger partial charge in [0, 0.05) is 12.8 Å². The highest BCUT2D eigenvalue weighted by Crippen LogP contribution is 2.26. The van der Waals surface area contributed by atoms with Gasteiger partial charge < -0.3 is 9.47 Å². The molecule has 0 aromatic rings. The summed E-state index contributed by atoms with van der Waals surface area (Å²) in [6.45, 7) is 22.0. The molecule has 0 aliphatic carbocycles. The van der Waals surface area contributed by atoms with Crippen molar-refractivity contribution in [3.63, 3.8) is 0 Å². The number of rotatable bonds is 8. The maximum Gasteiger partial charge on any atom is 0.306 e. The van der Waals surface area contributed by atoms with Crippen molar-refractivity contribution in [2.24, 2.45) is 22.7 Å². The summed E-state index contributed by atoms with van der Waals surface area (Å²) in [4.78, 5) is 22.2. The molecule has 0 amide bonds. The Bertz CT molecular complexity index is 350. The summed E-state index contributed by atoms with van der Waals surface area (Å²) in [7, 11) is 0. The van der Waals surface area contributed by atoms with Crippen LogP contribution in [0.25, 0.3) is 0 Å². The van der Waals surface area contributed by atoms with Gasteiger partial charge in [-0.1, -0.05) is 55.4 Å². The van der Waals surface area contributed by atoms with Crippen molar-refractivity contribution < 1.29 is 19.1 Å². The third-order valence-electron chi connectivity index (χ3n) is 3.56. The SMILES string of the molecule is CCOC(=O)CC(C)CC(C)(C)C.CCOC(=O)CC(C)CC(C)(C)C. The van der Waals surface area contributed by atoms with E-state index in [2.05, 4.69) is 55.4 Å². The lowest BCUT2D eigenvalue weighted by atomic mass is 9.84. The Balaban J connectivity index is 0. The van der Waals surface area contributed by atoms with Gasteiger partial charge in [0.05, 0.1) is 13.2 Å². The predicted molar refractivity (Wildman–Crippen MR) is 109 cm³/mol. The van der Waals surface area contributed by atoms with Crippen LogP contribution in [0.4, 0.5) is 0 Å². The van der Waals surface area contributed by atoms with Crippen LogP contribution < -0.4 is 0 Å². The molecule has 2 unspecified atom stereocenters. The van der Waals surface area contributed by atoms with Gasteiger partial charge in [-0.05, 0) is 49.4 Å². The molecule has 0 heterocycles. The topological polar surface area (TPSA) is 52.6 Å². The van der Waals surface area contributed by atoms with Gasteiger partial charge >= 0.3 is 11.9 Å². The number of carbonyl (C=O) groups is 2. The molecular weight excluding hydrogens is 328 g/mol. The zero-order chi connectivity index (χ0) is 21.0. The Morgan fingerprint density at radius 3 is 1.15 bits per heavy atom. The molecule has 0 fully saturated rings. The van der Waals surface area contributed by atoms with Crippen LogP contribution >= 0.6 is 0 Å². The summed E-state index contributed by atoms with van der Waals surface area (Å²) < 4.78 is 9.78. The van der Waals surface area contributed by atoms with Crippen molar-refractivity contribution in [3.05, 3.63) is 0 Å². The molecule has 0 aliphatic heterocycles. The van der Waals surface area contributed by atoms with Crippen LogP contribution in [0.2, 0.25) is 0 Å². The van der Waals surface area contributed by atoms with Crippen molar-refractivity contribution in [2.75, 3.05) is 13.2 Å². The van der Waals surface area contributed by atoms with Gasteiger partial charge in [0.15, 0.2) is 0 Å². The summed E-state index contributed by atoms with van der Waals surface area (Å²) >= 11 is 0. The van der Waals surface area contributed by atoms with Gasteiger partial charge in [-0.2, -0.15) is 0 Å². The standard InChI is InChI=1S/2C11H22O2/c2*1-6-13-10(12)7-9(2)8-11(3,4)5/h2*9H,6-8H2,1-5H3. The monoisotopic (exact) mass is 372 g/mol. The van der Waals surface area contributed by atoms with Crippen LogP contribution in [0.15, 0.2) is 0 Å². The Kier molecular flexibility index (Phi) is 13.7. The minimum atomic E-state index is -0.0701. The maximum absolute atomic E-state index is 11.1. The molecule has 4 heteroatoms. The molecule has 0 spiro atoms. The summed E-state index contributed by atoms with van der Waals surface area (Å²) in [5, 5.41) is 0. The van der Waals surface area contributed by atoms with E-state index >= 15 is 0 Å². The fourth-order valence-electron chi connectivity index (χ4n) is 3.24. The van der Waals surface area contributed by atoms with E-state index in [1.54, 1.807) is 0 Å². The molecule has 0 aromatic heterocycles. The van der Waals surface area contributed by atoms with E-state index in [1.165, 1.54) is 0 Å². The van der Waals surface area contributed by atoms with Gasteiger partial charge in [-0.3, -0.25) is 9.59 Å². The normalized spacial score (nSPS) is 13.9. The van der Waals surface area contributed by atoms with Crippen LogP contribution in [-0.2, 0) is 19.1 Å². The van der Waals surface area contributed by atoms with Crippen LogP contribution in [0.5, 0.6) is 0 Å². The molecule has 26 heavy (non-hydrogen) atoms. The predicted octanol–water partition coefficient (Wildman–Crippen LogP) is 6.02.